The van der Waals surface area contributed by atoms with Gasteiger partial charge in [-0.15, -0.1) is 0 Å². The minimum Gasteiger partial charge on any atom is -0.380 e. The van der Waals surface area contributed by atoms with Crippen molar-refractivity contribution in [3.63, 3.8) is 0 Å². The maximum Gasteiger partial charge on any atom is 0.0728 e. The largest absolute Gasteiger partial charge is 0.380 e. The zero-order valence-corrected chi connectivity index (χ0v) is 10.6. The van der Waals surface area contributed by atoms with Gasteiger partial charge in [-0.2, -0.15) is 5.10 Å². The lowest BCUT2D eigenvalue weighted by molar-refractivity contribution is 0.482. The monoisotopic (exact) mass is 221 g/mol. The Labute approximate surface area is 98.2 Å². The Kier molecular flexibility index (Phi) is 3.52. The fraction of sp³-hybridized carbons (Fsp3) is 0.769. The van der Waals surface area contributed by atoms with Gasteiger partial charge in [-0.05, 0) is 39.5 Å². The molecule has 2 rings (SSSR count). The first-order chi connectivity index (χ1) is 7.66. The van der Waals surface area contributed by atoms with Gasteiger partial charge >= 0.3 is 0 Å². The number of nitrogens with one attached hydrogen (secondary N) is 1. The lowest BCUT2D eigenvalue weighted by Gasteiger charge is -2.20. The molecule has 16 heavy (non-hydrogen) atoms. The molecule has 90 valence electrons. The van der Waals surface area contributed by atoms with Crippen LogP contribution in [0.1, 0.15) is 52.5 Å². The number of anilines is 1. The van der Waals surface area contributed by atoms with E-state index < -0.39 is 0 Å². The molecule has 1 heterocycles. The minimum absolute atomic E-state index is 0.442. The Morgan fingerprint density at radius 2 is 2.00 bits per heavy atom. The third-order valence-electron chi connectivity index (χ3n) is 3.63. The smallest absolute Gasteiger partial charge is 0.0728 e. The second-order valence-electron chi connectivity index (χ2n) is 5.28. The number of nitrogens with zero attached hydrogens (tertiary/aromatic N) is 2. The van der Waals surface area contributed by atoms with Crippen LogP contribution in [0.15, 0.2) is 12.4 Å². The van der Waals surface area contributed by atoms with E-state index in [-0.39, 0.29) is 0 Å². The molecule has 3 heteroatoms. The SMILES string of the molecule is CC(Nc1cnn(C(C)C)c1)C1CCCC1. The summed E-state index contributed by atoms with van der Waals surface area (Å²) < 4.78 is 2.00. The van der Waals surface area contributed by atoms with E-state index in [0.29, 0.717) is 12.1 Å². The molecule has 1 aromatic rings. The molecule has 0 radical (unpaired) electrons. The zero-order valence-electron chi connectivity index (χ0n) is 10.6. The van der Waals surface area contributed by atoms with E-state index in [2.05, 4.69) is 37.4 Å². The predicted octanol–water partition coefficient (Wildman–Crippen LogP) is 3.45. The highest BCUT2D eigenvalue weighted by Gasteiger charge is 2.21. The van der Waals surface area contributed by atoms with Crippen molar-refractivity contribution in [1.29, 1.82) is 0 Å². The van der Waals surface area contributed by atoms with Crippen molar-refractivity contribution in [3.8, 4) is 0 Å². The molecule has 1 unspecified atom stereocenters. The van der Waals surface area contributed by atoms with E-state index >= 15 is 0 Å². The molecule has 0 bridgehead atoms. The topological polar surface area (TPSA) is 29.9 Å². The summed E-state index contributed by atoms with van der Waals surface area (Å²) in [6.45, 7) is 6.59. The molecule has 1 aliphatic rings. The van der Waals surface area contributed by atoms with E-state index in [0.717, 1.165) is 11.6 Å². The molecular weight excluding hydrogens is 198 g/mol. The molecule has 0 aliphatic heterocycles. The summed E-state index contributed by atoms with van der Waals surface area (Å²) in [7, 11) is 0. The summed E-state index contributed by atoms with van der Waals surface area (Å²) in [5.41, 5.74) is 1.16. The van der Waals surface area contributed by atoms with Crippen LogP contribution in [0.2, 0.25) is 0 Å². The predicted molar refractivity (Wildman–Crippen MR) is 67.7 cm³/mol. The van der Waals surface area contributed by atoms with Crippen LogP contribution in [-0.2, 0) is 0 Å². The molecule has 3 nitrogen and oxygen atoms in total. The average Bonchev–Trinajstić information content (AvgIpc) is 2.87. The summed E-state index contributed by atoms with van der Waals surface area (Å²) in [5, 5.41) is 7.93. The molecular formula is C13H23N3. The van der Waals surface area contributed by atoms with Crippen LogP contribution >= 0.6 is 0 Å². The standard InChI is InChI=1S/C13H23N3/c1-10(2)16-9-13(8-14-16)15-11(3)12-6-4-5-7-12/h8-12,15H,4-7H2,1-3H3. The maximum atomic E-state index is 4.35. The van der Waals surface area contributed by atoms with Crippen molar-refractivity contribution in [2.75, 3.05) is 5.32 Å². The maximum absolute atomic E-state index is 4.35. The van der Waals surface area contributed by atoms with Crippen LogP contribution in [0.25, 0.3) is 0 Å². The first-order valence-corrected chi connectivity index (χ1v) is 6.47. The van der Waals surface area contributed by atoms with Gasteiger partial charge in [-0.1, -0.05) is 12.8 Å². The van der Waals surface area contributed by atoms with Gasteiger partial charge in [-0.3, -0.25) is 4.68 Å². The van der Waals surface area contributed by atoms with Gasteiger partial charge < -0.3 is 5.32 Å². The quantitative estimate of drug-likeness (QED) is 0.844. The third-order valence-corrected chi connectivity index (χ3v) is 3.63. The third kappa shape index (κ3) is 2.57. The Morgan fingerprint density at radius 3 is 2.56 bits per heavy atom. The minimum atomic E-state index is 0.442. The number of hydrogen-bond donors (Lipinski definition) is 1. The van der Waals surface area contributed by atoms with Crippen molar-refractivity contribution in [3.05, 3.63) is 12.4 Å². The molecule has 1 saturated carbocycles. The Bertz CT molecular complexity index is 324. The van der Waals surface area contributed by atoms with E-state index in [1.54, 1.807) is 0 Å². The van der Waals surface area contributed by atoms with E-state index in [9.17, 15) is 0 Å². The van der Waals surface area contributed by atoms with E-state index in [1.807, 2.05) is 10.9 Å². The van der Waals surface area contributed by atoms with Crippen LogP contribution < -0.4 is 5.32 Å². The Hall–Kier alpha value is -0.990. The van der Waals surface area contributed by atoms with Crippen LogP contribution in [0.3, 0.4) is 0 Å². The van der Waals surface area contributed by atoms with Gasteiger partial charge in [0.2, 0.25) is 0 Å². The second-order valence-corrected chi connectivity index (χ2v) is 5.28. The zero-order chi connectivity index (χ0) is 11.5. The highest BCUT2D eigenvalue weighted by Crippen LogP contribution is 2.29. The lowest BCUT2D eigenvalue weighted by atomic mass is 10.00. The van der Waals surface area contributed by atoms with Gasteiger partial charge in [0.15, 0.2) is 0 Å². The molecule has 1 aromatic heterocycles. The van der Waals surface area contributed by atoms with Crippen molar-refractivity contribution >= 4 is 5.69 Å². The van der Waals surface area contributed by atoms with Gasteiger partial charge in [0.1, 0.15) is 0 Å². The fourth-order valence-corrected chi connectivity index (χ4v) is 2.53. The highest BCUT2D eigenvalue weighted by atomic mass is 15.3. The van der Waals surface area contributed by atoms with Crippen LogP contribution in [0.4, 0.5) is 5.69 Å². The molecule has 0 amide bonds. The van der Waals surface area contributed by atoms with Gasteiger partial charge in [0.05, 0.1) is 11.9 Å². The van der Waals surface area contributed by atoms with E-state index in [1.165, 1.54) is 25.7 Å². The first kappa shape index (κ1) is 11.5. The molecule has 1 N–H and O–H groups in total. The van der Waals surface area contributed by atoms with Gasteiger partial charge in [0, 0.05) is 18.3 Å². The molecule has 1 aliphatic carbocycles. The molecule has 1 fully saturated rings. The number of hydrogen-bond acceptors (Lipinski definition) is 2. The average molecular weight is 221 g/mol. The normalized spacial score (nSPS) is 19.2. The first-order valence-electron chi connectivity index (χ1n) is 6.47. The summed E-state index contributed by atoms with van der Waals surface area (Å²) in [6.07, 6.45) is 9.62. The summed E-state index contributed by atoms with van der Waals surface area (Å²) >= 11 is 0. The number of aromatic nitrogens is 2. The van der Waals surface area contributed by atoms with E-state index in [4.69, 9.17) is 0 Å². The van der Waals surface area contributed by atoms with Crippen molar-refractivity contribution in [2.45, 2.75) is 58.5 Å². The molecule has 0 aromatic carbocycles. The van der Waals surface area contributed by atoms with Crippen LogP contribution in [0, 0.1) is 5.92 Å². The van der Waals surface area contributed by atoms with Crippen molar-refractivity contribution < 1.29 is 0 Å². The lowest BCUT2D eigenvalue weighted by Crippen LogP contribution is -2.23. The van der Waals surface area contributed by atoms with Gasteiger partial charge in [-0.25, -0.2) is 0 Å². The molecule has 0 saturated heterocycles. The van der Waals surface area contributed by atoms with Crippen LogP contribution in [-0.4, -0.2) is 15.8 Å². The molecule has 1 atom stereocenters. The highest BCUT2D eigenvalue weighted by molar-refractivity contribution is 5.39. The summed E-state index contributed by atoms with van der Waals surface area (Å²) in [6, 6.07) is 1.02. The summed E-state index contributed by atoms with van der Waals surface area (Å²) in [5.74, 6) is 0.849. The second kappa shape index (κ2) is 4.89. The van der Waals surface area contributed by atoms with Crippen molar-refractivity contribution in [2.24, 2.45) is 5.92 Å². The van der Waals surface area contributed by atoms with Crippen LogP contribution in [0.5, 0.6) is 0 Å². The Balaban J connectivity index is 1.92. The summed E-state index contributed by atoms with van der Waals surface area (Å²) in [4.78, 5) is 0. The van der Waals surface area contributed by atoms with Gasteiger partial charge in [0.25, 0.3) is 0 Å². The fourth-order valence-electron chi connectivity index (χ4n) is 2.53. The van der Waals surface area contributed by atoms with Crippen molar-refractivity contribution in [1.82, 2.24) is 9.78 Å². The Morgan fingerprint density at radius 1 is 1.31 bits per heavy atom. The number of rotatable bonds is 4. The molecule has 0 spiro atoms.